The molecular formula is C18H22O6. The number of rotatable bonds is 0. The molecule has 1 aliphatic heterocycles. The molecule has 1 heterocycles. The molecule has 1 aliphatic rings. The summed E-state index contributed by atoms with van der Waals surface area (Å²) in [5.41, 5.74) is 0.310. The number of fused-ring (bicyclic) bond motifs is 1. The molecule has 6 nitrogen and oxygen atoms in total. The Balaban J connectivity index is 2.36. The van der Waals surface area contributed by atoms with E-state index in [9.17, 15) is 25.2 Å². The molecule has 1 aromatic carbocycles. The highest BCUT2D eigenvalue weighted by atomic mass is 16.5. The molecule has 0 bridgehead atoms. The van der Waals surface area contributed by atoms with Gasteiger partial charge in [-0.2, -0.15) is 0 Å². The first-order valence-electron chi connectivity index (χ1n) is 7.84. The summed E-state index contributed by atoms with van der Waals surface area (Å²) in [6.07, 6.45) is 5.18. The molecule has 4 N–H and O–H groups in total. The standard InChI is InChI=1S/C18H22O6/c1-11-5-4-8-15(21)14(20)7-3-2-6-12-9-13(19)10-16(22)17(12)18(23)24-11/h2,4,6,8-11,14-15,19-22H,3,5,7H2,1H3/b6-2-,8-4+. The SMILES string of the molecule is CC1C/C=C/C(O)C(O)CC/C=C\c2cc(O)cc(O)c2C(=O)O1. The predicted octanol–water partition coefficient (Wildman–Crippen LogP) is 2.12. The summed E-state index contributed by atoms with van der Waals surface area (Å²) in [6, 6.07) is 2.44. The molecule has 24 heavy (non-hydrogen) atoms. The molecule has 2 rings (SSSR count). The van der Waals surface area contributed by atoms with Crippen LogP contribution in [-0.4, -0.2) is 44.7 Å². The van der Waals surface area contributed by atoms with Crippen molar-refractivity contribution in [1.29, 1.82) is 0 Å². The van der Waals surface area contributed by atoms with Crippen LogP contribution in [0.5, 0.6) is 11.5 Å². The molecule has 1 aromatic rings. The van der Waals surface area contributed by atoms with Crippen LogP contribution in [0.3, 0.4) is 0 Å². The van der Waals surface area contributed by atoms with E-state index in [0.29, 0.717) is 24.8 Å². The van der Waals surface area contributed by atoms with Crippen LogP contribution in [0, 0.1) is 0 Å². The number of allylic oxidation sites excluding steroid dienone is 1. The second-order valence-electron chi connectivity index (χ2n) is 5.85. The maximum absolute atomic E-state index is 12.3. The first-order chi connectivity index (χ1) is 11.4. The summed E-state index contributed by atoms with van der Waals surface area (Å²) in [5.74, 6) is -1.22. The van der Waals surface area contributed by atoms with Crippen molar-refractivity contribution in [2.24, 2.45) is 0 Å². The van der Waals surface area contributed by atoms with Gasteiger partial charge in [-0.05, 0) is 31.4 Å². The quantitative estimate of drug-likeness (QED) is 0.428. The van der Waals surface area contributed by atoms with Crippen LogP contribution in [0.4, 0.5) is 0 Å². The number of carbonyl (C=O) groups excluding carboxylic acids is 1. The maximum atomic E-state index is 12.3. The molecule has 3 atom stereocenters. The minimum absolute atomic E-state index is 0.0162. The summed E-state index contributed by atoms with van der Waals surface area (Å²) in [6.45, 7) is 1.68. The number of aromatic hydroxyl groups is 2. The van der Waals surface area contributed by atoms with Crippen molar-refractivity contribution in [3.63, 3.8) is 0 Å². The first kappa shape index (κ1) is 18.0. The van der Waals surface area contributed by atoms with E-state index in [2.05, 4.69) is 0 Å². The maximum Gasteiger partial charge on any atom is 0.342 e. The van der Waals surface area contributed by atoms with Crippen LogP contribution >= 0.6 is 0 Å². The largest absolute Gasteiger partial charge is 0.508 e. The summed E-state index contributed by atoms with van der Waals surface area (Å²) in [4.78, 5) is 12.3. The zero-order valence-corrected chi connectivity index (χ0v) is 13.4. The highest BCUT2D eigenvalue weighted by Gasteiger charge is 2.20. The second kappa shape index (κ2) is 7.99. The molecule has 0 spiro atoms. The van der Waals surface area contributed by atoms with Crippen molar-refractivity contribution in [3.8, 4) is 11.5 Å². The van der Waals surface area contributed by atoms with Gasteiger partial charge in [0.1, 0.15) is 23.2 Å². The van der Waals surface area contributed by atoms with Crippen LogP contribution in [0.15, 0.2) is 30.4 Å². The lowest BCUT2D eigenvalue weighted by Gasteiger charge is -2.16. The number of hydrogen-bond donors (Lipinski definition) is 4. The number of benzene rings is 1. The smallest absolute Gasteiger partial charge is 0.342 e. The van der Waals surface area contributed by atoms with Crippen LogP contribution in [0.1, 0.15) is 42.1 Å². The lowest BCUT2D eigenvalue weighted by molar-refractivity contribution is 0.0337. The Morgan fingerprint density at radius 2 is 1.92 bits per heavy atom. The van der Waals surface area contributed by atoms with Gasteiger partial charge in [0.15, 0.2) is 0 Å². The highest BCUT2D eigenvalue weighted by molar-refractivity contribution is 5.97. The van der Waals surface area contributed by atoms with E-state index in [1.807, 2.05) is 0 Å². The van der Waals surface area contributed by atoms with Gasteiger partial charge in [0.05, 0.1) is 12.2 Å². The average Bonchev–Trinajstić information content (AvgIpc) is 2.49. The Hall–Kier alpha value is -2.31. The molecule has 0 aliphatic carbocycles. The van der Waals surface area contributed by atoms with E-state index >= 15 is 0 Å². The normalized spacial score (nSPS) is 28.3. The van der Waals surface area contributed by atoms with Crippen LogP contribution in [-0.2, 0) is 4.74 Å². The lowest BCUT2D eigenvalue weighted by atomic mass is 10.0. The van der Waals surface area contributed by atoms with Crippen molar-refractivity contribution < 1.29 is 30.0 Å². The number of phenols is 2. The molecular weight excluding hydrogens is 312 g/mol. The number of aliphatic hydroxyl groups excluding tert-OH is 2. The minimum atomic E-state index is -0.982. The van der Waals surface area contributed by atoms with E-state index in [-0.39, 0.29) is 17.1 Å². The highest BCUT2D eigenvalue weighted by Crippen LogP contribution is 2.29. The fraction of sp³-hybridized carbons (Fsp3) is 0.389. The van der Waals surface area contributed by atoms with Gasteiger partial charge in [-0.15, -0.1) is 0 Å². The molecule has 6 heteroatoms. The number of hydrogen-bond acceptors (Lipinski definition) is 6. The molecule has 0 radical (unpaired) electrons. The number of ether oxygens (including phenoxy) is 1. The van der Waals surface area contributed by atoms with Gasteiger partial charge in [-0.25, -0.2) is 4.79 Å². The third kappa shape index (κ3) is 4.59. The molecule has 0 aromatic heterocycles. The molecule has 0 amide bonds. The van der Waals surface area contributed by atoms with Crippen molar-refractivity contribution in [3.05, 3.63) is 41.5 Å². The average molecular weight is 334 g/mol. The van der Waals surface area contributed by atoms with E-state index < -0.39 is 24.3 Å². The van der Waals surface area contributed by atoms with Gasteiger partial charge in [0, 0.05) is 12.5 Å². The first-order valence-corrected chi connectivity index (χ1v) is 7.84. The van der Waals surface area contributed by atoms with Gasteiger partial charge in [-0.1, -0.05) is 24.3 Å². The van der Waals surface area contributed by atoms with E-state index in [1.165, 1.54) is 12.1 Å². The second-order valence-corrected chi connectivity index (χ2v) is 5.85. The molecule has 0 saturated carbocycles. The predicted molar refractivity (Wildman–Crippen MR) is 88.7 cm³/mol. The Morgan fingerprint density at radius 3 is 2.67 bits per heavy atom. The summed E-state index contributed by atoms with van der Waals surface area (Å²) >= 11 is 0. The topological polar surface area (TPSA) is 107 Å². The number of aliphatic hydroxyl groups is 2. The fourth-order valence-corrected chi connectivity index (χ4v) is 2.46. The summed E-state index contributed by atoms with van der Waals surface area (Å²) in [7, 11) is 0. The third-order valence-electron chi connectivity index (χ3n) is 3.77. The van der Waals surface area contributed by atoms with Crippen molar-refractivity contribution in [1.82, 2.24) is 0 Å². The van der Waals surface area contributed by atoms with Crippen LogP contribution in [0.25, 0.3) is 6.08 Å². The number of cyclic esters (lactones) is 1. The molecule has 3 unspecified atom stereocenters. The summed E-state index contributed by atoms with van der Waals surface area (Å²) in [5, 5.41) is 39.3. The zero-order chi connectivity index (χ0) is 17.7. The molecule has 0 fully saturated rings. The fourth-order valence-electron chi connectivity index (χ4n) is 2.46. The monoisotopic (exact) mass is 334 g/mol. The van der Waals surface area contributed by atoms with Crippen molar-refractivity contribution >= 4 is 12.0 Å². The number of esters is 1. The van der Waals surface area contributed by atoms with E-state index in [1.54, 1.807) is 25.2 Å². The Kier molecular flexibility index (Phi) is 6.00. The molecule has 130 valence electrons. The Labute approximate surface area is 140 Å². The Bertz CT molecular complexity index is 649. The lowest BCUT2D eigenvalue weighted by Crippen LogP contribution is -2.23. The minimum Gasteiger partial charge on any atom is -0.508 e. The van der Waals surface area contributed by atoms with Gasteiger partial charge in [0.25, 0.3) is 0 Å². The van der Waals surface area contributed by atoms with Crippen LogP contribution < -0.4 is 0 Å². The number of phenolic OH excluding ortho intramolecular Hbond substituents is 2. The van der Waals surface area contributed by atoms with Crippen molar-refractivity contribution in [2.75, 3.05) is 0 Å². The van der Waals surface area contributed by atoms with Gasteiger partial charge >= 0.3 is 5.97 Å². The van der Waals surface area contributed by atoms with Gasteiger partial charge in [-0.3, -0.25) is 0 Å². The Morgan fingerprint density at radius 1 is 1.17 bits per heavy atom. The van der Waals surface area contributed by atoms with Crippen LogP contribution in [0.2, 0.25) is 0 Å². The van der Waals surface area contributed by atoms with E-state index in [4.69, 9.17) is 4.74 Å². The number of carbonyl (C=O) groups is 1. The molecule has 0 saturated heterocycles. The summed E-state index contributed by atoms with van der Waals surface area (Å²) < 4.78 is 5.29. The zero-order valence-electron chi connectivity index (χ0n) is 13.4. The third-order valence-corrected chi connectivity index (χ3v) is 3.77. The van der Waals surface area contributed by atoms with Gasteiger partial charge < -0.3 is 25.2 Å². The van der Waals surface area contributed by atoms with E-state index in [0.717, 1.165) is 6.07 Å². The van der Waals surface area contributed by atoms with Gasteiger partial charge in [0.2, 0.25) is 0 Å². The van der Waals surface area contributed by atoms with Crippen molar-refractivity contribution in [2.45, 2.75) is 44.5 Å².